The topological polar surface area (TPSA) is 88.0 Å². The van der Waals surface area contributed by atoms with Crippen molar-refractivity contribution in [3.8, 4) is 0 Å². The van der Waals surface area contributed by atoms with E-state index in [0.717, 1.165) is 32.1 Å². The summed E-state index contributed by atoms with van der Waals surface area (Å²) in [5.74, 6) is 1.88. The highest BCUT2D eigenvalue weighted by Crippen LogP contribution is 2.89. The van der Waals surface area contributed by atoms with Gasteiger partial charge >= 0.3 is 6.09 Å². The van der Waals surface area contributed by atoms with E-state index in [-0.39, 0.29) is 34.6 Å². The molecule has 12 atom stereocenters. The number of fused-ring (bicyclic) bond motifs is 4. The number of rotatable bonds is 2. The van der Waals surface area contributed by atoms with Crippen LogP contribution in [-0.4, -0.2) is 54.4 Å². The van der Waals surface area contributed by atoms with Crippen LogP contribution in [-0.2, 0) is 9.47 Å². The van der Waals surface area contributed by atoms with Gasteiger partial charge in [0.25, 0.3) is 0 Å². The third-order valence-electron chi connectivity index (χ3n) is 13.5. The zero-order valence-corrected chi connectivity index (χ0v) is 22.6. The Kier molecular flexibility index (Phi) is 5.16. The standard InChI is InChI=1S/C29H47NO5/c1-16-13-17(14-30-24(33)34-6)35-22-21(16)26(4)11-12-29-15-28(29)10-9-20(31)25(2,3)18(28)7-8-19(29)27(26,5)23(22)32/h16-23,31-32H,7-15H2,1-6H3,(H,30,33)/t16-,17?,18+,19?,20?,21+,22?,23+,26?,27-,28?,29?/m1/s1. The maximum Gasteiger partial charge on any atom is 0.406 e. The molecule has 0 bridgehead atoms. The molecule has 5 aliphatic carbocycles. The fourth-order valence-corrected chi connectivity index (χ4v) is 11.8. The zero-order chi connectivity index (χ0) is 25.2. The van der Waals surface area contributed by atoms with Gasteiger partial charge in [0.05, 0.1) is 31.5 Å². The minimum atomic E-state index is -0.487. The quantitative estimate of drug-likeness (QED) is 0.531. The van der Waals surface area contributed by atoms with E-state index in [9.17, 15) is 15.0 Å². The van der Waals surface area contributed by atoms with E-state index in [2.05, 4.69) is 39.9 Å². The van der Waals surface area contributed by atoms with Crippen molar-refractivity contribution in [2.75, 3.05) is 13.7 Å². The SMILES string of the molecule is COC(=O)NCC1C[C@@H](C)[C@H]2C(O1)[C@H](O)[C@@]1(C)C3CC[C@H]4C(C)(C)C(O)CCC45CC35CCC21C. The first kappa shape index (κ1) is 24.5. The lowest BCUT2D eigenvalue weighted by Gasteiger charge is -2.63. The second kappa shape index (κ2) is 7.38. The summed E-state index contributed by atoms with van der Waals surface area (Å²) in [5.41, 5.74) is 0.539. The van der Waals surface area contributed by atoms with E-state index in [1.807, 2.05) is 0 Å². The van der Waals surface area contributed by atoms with E-state index in [4.69, 9.17) is 9.47 Å². The fourth-order valence-electron chi connectivity index (χ4n) is 11.8. The molecule has 6 heteroatoms. The molecule has 0 aromatic heterocycles. The molecule has 5 saturated carbocycles. The Hall–Kier alpha value is -0.850. The lowest BCUT2D eigenvalue weighted by molar-refractivity contribution is -0.182. The van der Waals surface area contributed by atoms with Crippen molar-refractivity contribution in [2.45, 2.75) is 110 Å². The first-order valence-electron chi connectivity index (χ1n) is 14.2. The molecule has 0 aromatic carbocycles. The first-order chi connectivity index (χ1) is 16.4. The van der Waals surface area contributed by atoms with Gasteiger partial charge in [-0.2, -0.15) is 0 Å². The summed E-state index contributed by atoms with van der Waals surface area (Å²) in [6, 6.07) is 0. The van der Waals surface area contributed by atoms with Crippen LogP contribution in [0.5, 0.6) is 0 Å². The van der Waals surface area contributed by atoms with Crippen LogP contribution in [0.4, 0.5) is 4.79 Å². The average Bonchev–Trinajstić information content (AvgIpc) is 3.45. The van der Waals surface area contributed by atoms with Crippen LogP contribution in [0.15, 0.2) is 0 Å². The highest BCUT2D eigenvalue weighted by atomic mass is 16.5. The Morgan fingerprint density at radius 2 is 1.71 bits per heavy atom. The summed E-state index contributed by atoms with van der Waals surface area (Å²) >= 11 is 0. The van der Waals surface area contributed by atoms with Gasteiger partial charge in [-0.15, -0.1) is 0 Å². The molecule has 0 aromatic rings. The van der Waals surface area contributed by atoms with Gasteiger partial charge in [-0.3, -0.25) is 0 Å². The van der Waals surface area contributed by atoms with Gasteiger partial charge in [-0.25, -0.2) is 4.79 Å². The van der Waals surface area contributed by atoms with Crippen molar-refractivity contribution in [1.82, 2.24) is 5.32 Å². The highest BCUT2D eigenvalue weighted by molar-refractivity contribution is 5.66. The van der Waals surface area contributed by atoms with Gasteiger partial charge < -0.3 is 25.0 Å². The second-order valence-electron chi connectivity index (χ2n) is 14.5. The summed E-state index contributed by atoms with van der Waals surface area (Å²) in [6.07, 6.45) is 7.66. The lowest BCUT2D eigenvalue weighted by atomic mass is 9.41. The number of hydrogen-bond acceptors (Lipinski definition) is 5. The summed E-state index contributed by atoms with van der Waals surface area (Å²) in [5, 5.41) is 25.8. The van der Waals surface area contributed by atoms with Crippen LogP contribution in [0.25, 0.3) is 0 Å². The molecule has 1 amide bonds. The molecule has 6 fully saturated rings. The number of ether oxygens (including phenoxy) is 2. The number of nitrogens with one attached hydrogen (secondary N) is 1. The Labute approximate surface area is 210 Å². The third kappa shape index (κ3) is 2.75. The Bertz CT molecular complexity index is 908. The molecule has 35 heavy (non-hydrogen) atoms. The number of methoxy groups -OCH3 is 1. The summed E-state index contributed by atoms with van der Waals surface area (Å²) in [7, 11) is 1.38. The molecule has 2 spiro atoms. The van der Waals surface area contributed by atoms with Crippen LogP contribution in [0, 0.1) is 50.7 Å². The normalized spacial score (nSPS) is 57.6. The predicted octanol–water partition coefficient (Wildman–Crippen LogP) is 4.52. The van der Waals surface area contributed by atoms with Crippen LogP contribution in [0.3, 0.4) is 0 Å². The van der Waals surface area contributed by atoms with E-state index < -0.39 is 12.2 Å². The molecular formula is C29H47NO5. The van der Waals surface area contributed by atoms with E-state index in [0.29, 0.717) is 41.0 Å². The summed E-state index contributed by atoms with van der Waals surface area (Å²) < 4.78 is 11.4. The zero-order valence-electron chi connectivity index (χ0n) is 22.6. The monoisotopic (exact) mass is 489 g/mol. The molecule has 6 nitrogen and oxygen atoms in total. The van der Waals surface area contributed by atoms with Crippen LogP contribution < -0.4 is 5.32 Å². The molecule has 1 heterocycles. The highest BCUT2D eigenvalue weighted by Gasteiger charge is 2.84. The van der Waals surface area contributed by atoms with Crippen molar-refractivity contribution in [2.24, 2.45) is 50.7 Å². The lowest BCUT2D eigenvalue weighted by Crippen LogP contribution is -2.59. The number of hydrogen-bond donors (Lipinski definition) is 3. The van der Waals surface area contributed by atoms with Crippen molar-refractivity contribution in [1.29, 1.82) is 0 Å². The van der Waals surface area contributed by atoms with Gasteiger partial charge in [0, 0.05) is 12.0 Å². The molecule has 6 rings (SSSR count). The van der Waals surface area contributed by atoms with E-state index >= 15 is 0 Å². The van der Waals surface area contributed by atoms with E-state index in [1.165, 1.54) is 26.4 Å². The largest absolute Gasteiger partial charge is 0.453 e. The Balaban J connectivity index is 1.31. The van der Waals surface area contributed by atoms with Crippen LogP contribution in [0.2, 0.25) is 0 Å². The third-order valence-corrected chi connectivity index (χ3v) is 13.5. The Morgan fingerprint density at radius 1 is 1.03 bits per heavy atom. The smallest absolute Gasteiger partial charge is 0.406 e. The molecule has 1 aliphatic heterocycles. The van der Waals surface area contributed by atoms with Gasteiger partial charge in [-0.1, -0.05) is 34.6 Å². The molecule has 198 valence electrons. The van der Waals surface area contributed by atoms with Crippen molar-refractivity contribution >= 4 is 6.09 Å². The van der Waals surface area contributed by atoms with Gasteiger partial charge in [0.15, 0.2) is 0 Å². The molecular weight excluding hydrogens is 442 g/mol. The molecule has 0 radical (unpaired) electrons. The first-order valence-corrected chi connectivity index (χ1v) is 14.2. The fraction of sp³-hybridized carbons (Fsp3) is 0.966. The Morgan fingerprint density at radius 3 is 2.43 bits per heavy atom. The van der Waals surface area contributed by atoms with Gasteiger partial charge in [-0.05, 0) is 96.7 Å². The second-order valence-corrected chi connectivity index (χ2v) is 14.5. The van der Waals surface area contributed by atoms with Gasteiger partial charge in [0.2, 0.25) is 0 Å². The van der Waals surface area contributed by atoms with Crippen molar-refractivity contribution in [3.63, 3.8) is 0 Å². The summed E-state index contributed by atoms with van der Waals surface area (Å²) in [4.78, 5) is 11.7. The van der Waals surface area contributed by atoms with Crippen LogP contribution in [0.1, 0.15) is 86.0 Å². The number of carbonyl (C=O) groups excluding carboxylic acids is 1. The maximum atomic E-state index is 12.1. The number of carbonyl (C=O) groups is 1. The number of aliphatic hydroxyl groups excluding tert-OH is 2. The van der Waals surface area contributed by atoms with E-state index in [1.54, 1.807) is 0 Å². The van der Waals surface area contributed by atoms with Gasteiger partial charge in [0.1, 0.15) is 0 Å². The number of aliphatic hydroxyl groups is 2. The molecule has 7 unspecified atom stereocenters. The minimum absolute atomic E-state index is 0.0197. The maximum absolute atomic E-state index is 12.1. The minimum Gasteiger partial charge on any atom is -0.453 e. The molecule has 1 saturated heterocycles. The molecule has 3 N–H and O–H groups in total. The van der Waals surface area contributed by atoms with Crippen molar-refractivity contribution in [3.05, 3.63) is 0 Å². The average molecular weight is 490 g/mol. The summed E-state index contributed by atoms with van der Waals surface area (Å²) in [6.45, 7) is 12.3. The predicted molar refractivity (Wildman–Crippen MR) is 133 cm³/mol. The molecule has 6 aliphatic rings. The van der Waals surface area contributed by atoms with Crippen LogP contribution >= 0.6 is 0 Å². The van der Waals surface area contributed by atoms with Crippen molar-refractivity contribution < 1.29 is 24.5 Å². The number of amides is 1. The number of alkyl carbamates (subject to hydrolysis) is 1.